The Morgan fingerprint density at radius 1 is 1.05 bits per heavy atom. The highest BCUT2D eigenvalue weighted by atomic mass is 19.1. The largest absolute Gasteiger partial charge is 0.454 e. The van der Waals surface area contributed by atoms with Gasteiger partial charge in [0, 0.05) is 6.54 Å². The minimum atomic E-state index is -0.304. The third-order valence-corrected chi connectivity index (χ3v) is 3.00. The highest BCUT2D eigenvalue weighted by Gasteiger charge is 2.08. The summed E-state index contributed by atoms with van der Waals surface area (Å²) in [5.74, 6) is 0.648. The number of halogens is 1. The zero-order chi connectivity index (χ0) is 13.8. The number of ether oxygens (including phenoxy) is 1. The summed E-state index contributed by atoms with van der Waals surface area (Å²) < 4.78 is 19.5. The zero-order valence-corrected chi connectivity index (χ0v) is 11.5. The van der Waals surface area contributed by atoms with Crippen molar-refractivity contribution >= 4 is 0 Å². The molecule has 0 atom stereocenters. The van der Waals surface area contributed by atoms with Gasteiger partial charge in [0.05, 0.1) is 0 Å². The molecule has 0 aromatic heterocycles. The fraction of sp³-hybridized carbons (Fsp3) is 0.250. The second-order valence-electron chi connectivity index (χ2n) is 4.62. The standard InChI is InChI=1S/C16H18FNO/c1-11-5-4-6-15(16(11)17)19-14-8-7-13(10-18-3)9-12(14)2/h4-9,18H,10H2,1-3H3. The third kappa shape index (κ3) is 3.12. The average Bonchev–Trinajstić information content (AvgIpc) is 2.38. The van der Waals surface area contributed by atoms with Crippen LogP contribution in [0.4, 0.5) is 4.39 Å². The van der Waals surface area contributed by atoms with E-state index in [1.165, 1.54) is 5.56 Å². The number of hydrogen-bond acceptors (Lipinski definition) is 2. The van der Waals surface area contributed by atoms with E-state index in [1.54, 1.807) is 25.1 Å². The first-order chi connectivity index (χ1) is 9.11. The van der Waals surface area contributed by atoms with Crippen molar-refractivity contribution in [3.63, 3.8) is 0 Å². The van der Waals surface area contributed by atoms with Crippen molar-refractivity contribution in [3.05, 3.63) is 58.9 Å². The molecule has 2 nitrogen and oxygen atoms in total. The molecule has 0 saturated carbocycles. The van der Waals surface area contributed by atoms with Gasteiger partial charge in [-0.05, 0) is 49.7 Å². The lowest BCUT2D eigenvalue weighted by molar-refractivity contribution is 0.437. The maximum atomic E-state index is 13.9. The molecule has 1 N–H and O–H groups in total. The normalized spacial score (nSPS) is 10.5. The zero-order valence-electron chi connectivity index (χ0n) is 11.5. The Balaban J connectivity index is 2.26. The van der Waals surface area contributed by atoms with Gasteiger partial charge in [-0.2, -0.15) is 0 Å². The summed E-state index contributed by atoms with van der Waals surface area (Å²) in [5, 5.41) is 3.10. The molecule has 0 unspecified atom stereocenters. The number of aryl methyl sites for hydroxylation is 2. The van der Waals surface area contributed by atoms with E-state index in [9.17, 15) is 4.39 Å². The Morgan fingerprint density at radius 3 is 2.53 bits per heavy atom. The van der Waals surface area contributed by atoms with Crippen LogP contribution in [0.15, 0.2) is 36.4 Å². The molecule has 0 bridgehead atoms. The van der Waals surface area contributed by atoms with Crippen molar-refractivity contribution in [2.45, 2.75) is 20.4 Å². The number of hydrogen-bond donors (Lipinski definition) is 1. The molecular formula is C16H18FNO. The van der Waals surface area contributed by atoms with Crippen molar-refractivity contribution < 1.29 is 9.13 Å². The highest BCUT2D eigenvalue weighted by molar-refractivity contribution is 5.41. The summed E-state index contributed by atoms with van der Waals surface area (Å²) >= 11 is 0. The first-order valence-electron chi connectivity index (χ1n) is 6.29. The molecule has 0 aliphatic heterocycles. The minimum absolute atomic E-state index is 0.268. The van der Waals surface area contributed by atoms with Gasteiger partial charge in [-0.25, -0.2) is 4.39 Å². The van der Waals surface area contributed by atoms with Gasteiger partial charge in [0.15, 0.2) is 11.6 Å². The average molecular weight is 259 g/mol. The molecule has 0 aliphatic carbocycles. The van der Waals surface area contributed by atoms with Crippen LogP contribution in [-0.2, 0) is 6.54 Å². The molecule has 3 heteroatoms. The Kier molecular flexibility index (Phi) is 4.17. The molecule has 2 aromatic carbocycles. The quantitative estimate of drug-likeness (QED) is 0.897. The van der Waals surface area contributed by atoms with Gasteiger partial charge in [0.25, 0.3) is 0 Å². The molecule has 0 amide bonds. The van der Waals surface area contributed by atoms with Crippen LogP contribution in [0.1, 0.15) is 16.7 Å². The topological polar surface area (TPSA) is 21.3 Å². The lowest BCUT2D eigenvalue weighted by Gasteiger charge is -2.11. The maximum absolute atomic E-state index is 13.9. The molecule has 2 aromatic rings. The summed E-state index contributed by atoms with van der Waals surface area (Å²) in [6.45, 7) is 4.49. The summed E-state index contributed by atoms with van der Waals surface area (Å²) in [6, 6.07) is 11.1. The Morgan fingerprint density at radius 2 is 1.84 bits per heavy atom. The van der Waals surface area contributed by atoms with Crippen LogP contribution in [0.25, 0.3) is 0 Å². The molecule has 0 spiro atoms. The number of benzene rings is 2. The minimum Gasteiger partial charge on any atom is -0.454 e. The fourth-order valence-electron chi connectivity index (χ4n) is 1.96. The van der Waals surface area contributed by atoms with Crippen LogP contribution in [0.2, 0.25) is 0 Å². The van der Waals surface area contributed by atoms with E-state index in [4.69, 9.17) is 4.74 Å². The van der Waals surface area contributed by atoms with Gasteiger partial charge in [0.1, 0.15) is 5.75 Å². The van der Waals surface area contributed by atoms with Crippen molar-refractivity contribution in [1.82, 2.24) is 5.32 Å². The molecule has 0 saturated heterocycles. The van der Waals surface area contributed by atoms with E-state index in [0.717, 1.165) is 12.1 Å². The first kappa shape index (κ1) is 13.6. The summed E-state index contributed by atoms with van der Waals surface area (Å²) in [6.07, 6.45) is 0. The predicted octanol–water partition coefficient (Wildman–Crippen LogP) is 3.95. The van der Waals surface area contributed by atoms with Crippen LogP contribution in [0.5, 0.6) is 11.5 Å². The molecule has 2 rings (SSSR count). The maximum Gasteiger partial charge on any atom is 0.168 e. The molecular weight excluding hydrogens is 241 g/mol. The molecule has 0 radical (unpaired) electrons. The van der Waals surface area contributed by atoms with E-state index in [0.29, 0.717) is 11.3 Å². The lowest BCUT2D eigenvalue weighted by atomic mass is 10.1. The first-order valence-corrected chi connectivity index (χ1v) is 6.29. The van der Waals surface area contributed by atoms with Gasteiger partial charge in [-0.15, -0.1) is 0 Å². The van der Waals surface area contributed by atoms with Gasteiger partial charge >= 0.3 is 0 Å². The Bertz CT molecular complexity index is 581. The van der Waals surface area contributed by atoms with Gasteiger partial charge in [-0.1, -0.05) is 24.3 Å². The summed E-state index contributed by atoms with van der Waals surface area (Å²) in [5.41, 5.74) is 2.76. The fourth-order valence-corrected chi connectivity index (χ4v) is 1.96. The van der Waals surface area contributed by atoms with Crippen LogP contribution in [0.3, 0.4) is 0 Å². The molecule has 0 heterocycles. The SMILES string of the molecule is CNCc1ccc(Oc2cccc(C)c2F)c(C)c1. The van der Waals surface area contributed by atoms with Gasteiger partial charge in [0.2, 0.25) is 0 Å². The van der Waals surface area contributed by atoms with Crippen molar-refractivity contribution in [2.24, 2.45) is 0 Å². The Hall–Kier alpha value is -1.87. The predicted molar refractivity (Wildman–Crippen MR) is 75.2 cm³/mol. The smallest absolute Gasteiger partial charge is 0.168 e. The number of rotatable bonds is 4. The summed E-state index contributed by atoms with van der Waals surface area (Å²) in [7, 11) is 1.90. The molecule has 0 fully saturated rings. The van der Waals surface area contributed by atoms with Gasteiger partial charge < -0.3 is 10.1 Å². The van der Waals surface area contributed by atoms with E-state index in [1.807, 2.05) is 32.2 Å². The number of nitrogens with one attached hydrogen (secondary N) is 1. The lowest BCUT2D eigenvalue weighted by Crippen LogP contribution is -2.05. The molecule has 19 heavy (non-hydrogen) atoms. The van der Waals surface area contributed by atoms with Crippen LogP contribution in [0, 0.1) is 19.7 Å². The Labute approximate surface area is 113 Å². The molecule has 0 aliphatic rings. The van der Waals surface area contributed by atoms with Gasteiger partial charge in [-0.3, -0.25) is 0 Å². The van der Waals surface area contributed by atoms with Crippen molar-refractivity contribution in [1.29, 1.82) is 0 Å². The van der Waals surface area contributed by atoms with Crippen molar-refractivity contribution in [2.75, 3.05) is 7.05 Å². The van der Waals surface area contributed by atoms with E-state index >= 15 is 0 Å². The molecule has 100 valence electrons. The van der Waals surface area contributed by atoms with E-state index < -0.39 is 0 Å². The van der Waals surface area contributed by atoms with E-state index in [-0.39, 0.29) is 11.6 Å². The second kappa shape index (κ2) is 5.85. The highest BCUT2D eigenvalue weighted by Crippen LogP contribution is 2.28. The van der Waals surface area contributed by atoms with E-state index in [2.05, 4.69) is 5.32 Å². The third-order valence-electron chi connectivity index (χ3n) is 3.00. The second-order valence-corrected chi connectivity index (χ2v) is 4.62. The van der Waals surface area contributed by atoms with Crippen LogP contribution in [-0.4, -0.2) is 7.05 Å². The monoisotopic (exact) mass is 259 g/mol. The summed E-state index contributed by atoms with van der Waals surface area (Å²) in [4.78, 5) is 0. The van der Waals surface area contributed by atoms with Crippen LogP contribution >= 0.6 is 0 Å². The van der Waals surface area contributed by atoms with Crippen molar-refractivity contribution in [3.8, 4) is 11.5 Å². The van der Waals surface area contributed by atoms with Crippen LogP contribution < -0.4 is 10.1 Å².